The van der Waals surface area contributed by atoms with Gasteiger partial charge in [0.25, 0.3) is 0 Å². The Morgan fingerprint density at radius 3 is 1.57 bits per heavy atom. The van der Waals surface area contributed by atoms with Crippen LogP contribution in [0, 0.1) is 22.7 Å². The zero-order valence-corrected chi connectivity index (χ0v) is 12.2. The summed E-state index contributed by atoms with van der Waals surface area (Å²) in [5, 5.41) is 17.8. The van der Waals surface area contributed by atoms with Crippen molar-refractivity contribution in [1.82, 2.24) is 0 Å². The maximum absolute atomic E-state index is 8.90. The predicted molar refractivity (Wildman–Crippen MR) is 83.7 cm³/mol. The normalized spacial score (nSPS) is 10.1. The lowest BCUT2D eigenvalue weighted by molar-refractivity contribution is 0.650. The van der Waals surface area contributed by atoms with Crippen LogP contribution in [0.5, 0.6) is 0 Å². The van der Waals surface area contributed by atoms with E-state index in [9.17, 15) is 0 Å². The minimum Gasteiger partial charge on any atom is -0.192 e. The average Bonchev–Trinajstić information content (AvgIpc) is 2.56. The first-order chi connectivity index (χ1) is 10.3. The van der Waals surface area contributed by atoms with Crippen LogP contribution in [0.1, 0.15) is 54.4 Å². The number of nitriles is 2. The predicted octanol–water partition coefficient (Wildman–Crippen LogP) is 4.75. The molecule has 0 saturated carbocycles. The molecule has 104 valence electrons. The molecule has 2 aromatic carbocycles. The lowest BCUT2D eigenvalue weighted by atomic mass is 9.86. The van der Waals surface area contributed by atoms with Crippen molar-refractivity contribution in [2.24, 2.45) is 0 Å². The van der Waals surface area contributed by atoms with Crippen molar-refractivity contribution in [2.75, 3.05) is 0 Å². The van der Waals surface area contributed by atoms with Crippen molar-refractivity contribution in [2.45, 2.75) is 32.1 Å². The zero-order chi connectivity index (χ0) is 15.1. The third kappa shape index (κ3) is 3.71. The maximum atomic E-state index is 8.90. The molecule has 2 rings (SSSR count). The summed E-state index contributed by atoms with van der Waals surface area (Å²) in [6, 6.07) is 20.0. The highest BCUT2D eigenvalue weighted by molar-refractivity contribution is 5.40. The van der Waals surface area contributed by atoms with Crippen molar-refractivity contribution in [3.8, 4) is 12.1 Å². The number of rotatable bonds is 5. The van der Waals surface area contributed by atoms with Gasteiger partial charge in [0.2, 0.25) is 0 Å². The summed E-state index contributed by atoms with van der Waals surface area (Å²) in [6.45, 7) is 2.19. The maximum Gasteiger partial charge on any atom is 0.0991 e. The van der Waals surface area contributed by atoms with Crippen molar-refractivity contribution in [3.63, 3.8) is 0 Å². The molecule has 0 aliphatic heterocycles. The number of hydrogen-bond acceptors (Lipinski definition) is 2. The van der Waals surface area contributed by atoms with Gasteiger partial charge >= 0.3 is 0 Å². The first-order valence-electron chi connectivity index (χ1n) is 7.28. The molecule has 2 nitrogen and oxygen atoms in total. The van der Waals surface area contributed by atoms with Crippen molar-refractivity contribution < 1.29 is 0 Å². The van der Waals surface area contributed by atoms with Crippen LogP contribution in [0.2, 0.25) is 0 Å². The molecule has 2 aromatic rings. The quantitative estimate of drug-likeness (QED) is 0.789. The second-order valence-corrected chi connectivity index (χ2v) is 5.16. The van der Waals surface area contributed by atoms with Crippen LogP contribution < -0.4 is 0 Å². The molecule has 0 spiro atoms. The lowest BCUT2D eigenvalue weighted by Crippen LogP contribution is -2.01. The Hall–Kier alpha value is -2.58. The lowest BCUT2D eigenvalue weighted by Gasteiger charge is -2.18. The minimum atomic E-state index is 0.324. The average molecular weight is 274 g/mol. The molecule has 0 aliphatic carbocycles. The van der Waals surface area contributed by atoms with Gasteiger partial charge in [0.15, 0.2) is 0 Å². The van der Waals surface area contributed by atoms with Crippen LogP contribution in [-0.4, -0.2) is 0 Å². The molecule has 0 N–H and O–H groups in total. The van der Waals surface area contributed by atoms with Gasteiger partial charge in [-0.15, -0.1) is 0 Å². The number of unbranched alkanes of at least 4 members (excludes halogenated alkanes) is 1. The van der Waals surface area contributed by atoms with Crippen LogP contribution in [-0.2, 0) is 0 Å². The van der Waals surface area contributed by atoms with E-state index >= 15 is 0 Å². The molecule has 0 amide bonds. The highest BCUT2D eigenvalue weighted by Gasteiger charge is 2.13. The van der Waals surface area contributed by atoms with Crippen LogP contribution in [0.4, 0.5) is 0 Å². The van der Waals surface area contributed by atoms with E-state index in [1.54, 1.807) is 0 Å². The summed E-state index contributed by atoms with van der Waals surface area (Å²) in [5.74, 6) is 0.324. The molecule has 0 aromatic heterocycles. The number of nitrogens with zero attached hydrogens (tertiary/aromatic N) is 2. The highest BCUT2D eigenvalue weighted by atomic mass is 14.2. The van der Waals surface area contributed by atoms with E-state index in [1.165, 1.54) is 11.1 Å². The molecule has 0 bridgehead atoms. The van der Waals surface area contributed by atoms with E-state index in [0.29, 0.717) is 17.0 Å². The number of benzene rings is 2. The smallest absolute Gasteiger partial charge is 0.0991 e. The molecule has 0 saturated heterocycles. The standard InChI is InChI=1S/C19H18N2/c1-2-3-4-19(17-9-5-15(13-20)6-10-17)18-11-7-16(14-21)8-12-18/h5-12,19H,2-4H2,1H3. The molecule has 0 atom stereocenters. The number of hydrogen-bond donors (Lipinski definition) is 0. The fraction of sp³-hybridized carbons (Fsp3) is 0.263. The summed E-state index contributed by atoms with van der Waals surface area (Å²) >= 11 is 0. The van der Waals surface area contributed by atoms with Crippen LogP contribution in [0.25, 0.3) is 0 Å². The van der Waals surface area contributed by atoms with Gasteiger partial charge in [0.1, 0.15) is 0 Å². The molecule has 0 heterocycles. The van der Waals surface area contributed by atoms with Crippen molar-refractivity contribution in [1.29, 1.82) is 10.5 Å². The highest BCUT2D eigenvalue weighted by Crippen LogP contribution is 2.30. The van der Waals surface area contributed by atoms with Gasteiger partial charge in [-0.1, -0.05) is 44.0 Å². The SMILES string of the molecule is CCCCC(c1ccc(C#N)cc1)c1ccc(C#N)cc1. The summed E-state index contributed by atoms with van der Waals surface area (Å²) in [6.07, 6.45) is 3.39. The summed E-state index contributed by atoms with van der Waals surface area (Å²) in [5.41, 5.74) is 3.83. The van der Waals surface area contributed by atoms with E-state index in [2.05, 4.69) is 19.1 Å². The van der Waals surface area contributed by atoms with Gasteiger partial charge in [-0.3, -0.25) is 0 Å². The Morgan fingerprint density at radius 1 is 0.810 bits per heavy atom. The second-order valence-electron chi connectivity index (χ2n) is 5.16. The van der Waals surface area contributed by atoms with Crippen LogP contribution in [0.15, 0.2) is 48.5 Å². The molecule has 0 unspecified atom stereocenters. The Bertz CT molecular complexity index is 597. The molecule has 0 aliphatic rings. The molecule has 21 heavy (non-hydrogen) atoms. The second kappa shape index (κ2) is 7.27. The van der Waals surface area contributed by atoms with Crippen molar-refractivity contribution in [3.05, 3.63) is 70.8 Å². The Morgan fingerprint density at radius 2 is 1.24 bits per heavy atom. The fourth-order valence-corrected chi connectivity index (χ4v) is 2.51. The van der Waals surface area contributed by atoms with Gasteiger partial charge in [0, 0.05) is 5.92 Å². The minimum absolute atomic E-state index is 0.324. The molecule has 0 radical (unpaired) electrons. The van der Waals surface area contributed by atoms with Crippen LogP contribution >= 0.6 is 0 Å². The third-order valence-corrected chi connectivity index (χ3v) is 3.73. The van der Waals surface area contributed by atoms with Crippen LogP contribution in [0.3, 0.4) is 0 Å². The summed E-state index contributed by atoms with van der Waals surface area (Å²) in [4.78, 5) is 0. The third-order valence-electron chi connectivity index (χ3n) is 3.73. The largest absolute Gasteiger partial charge is 0.192 e. The zero-order valence-electron chi connectivity index (χ0n) is 12.2. The Labute approximate surface area is 126 Å². The molecular formula is C19H18N2. The van der Waals surface area contributed by atoms with Gasteiger partial charge < -0.3 is 0 Å². The first-order valence-corrected chi connectivity index (χ1v) is 7.28. The topological polar surface area (TPSA) is 47.6 Å². The van der Waals surface area contributed by atoms with E-state index in [1.807, 2.05) is 48.5 Å². The summed E-state index contributed by atoms with van der Waals surface area (Å²) in [7, 11) is 0. The van der Waals surface area contributed by atoms with E-state index in [-0.39, 0.29) is 0 Å². The van der Waals surface area contributed by atoms with Gasteiger partial charge in [-0.05, 0) is 41.8 Å². The Balaban J connectivity index is 2.32. The molecular weight excluding hydrogens is 256 g/mol. The van der Waals surface area contributed by atoms with E-state index in [0.717, 1.165) is 19.3 Å². The molecule has 2 heteroatoms. The molecule has 0 fully saturated rings. The van der Waals surface area contributed by atoms with Gasteiger partial charge in [-0.25, -0.2) is 0 Å². The van der Waals surface area contributed by atoms with Gasteiger partial charge in [-0.2, -0.15) is 10.5 Å². The van der Waals surface area contributed by atoms with E-state index < -0.39 is 0 Å². The Kier molecular flexibility index (Phi) is 5.13. The van der Waals surface area contributed by atoms with Gasteiger partial charge in [0.05, 0.1) is 23.3 Å². The van der Waals surface area contributed by atoms with E-state index in [4.69, 9.17) is 10.5 Å². The van der Waals surface area contributed by atoms with Crippen molar-refractivity contribution >= 4 is 0 Å². The summed E-state index contributed by atoms with van der Waals surface area (Å²) < 4.78 is 0. The fourth-order valence-electron chi connectivity index (χ4n) is 2.51. The first kappa shape index (κ1) is 14.8. The monoisotopic (exact) mass is 274 g/mol.